The first-order valence-electron chi connectivity index (χ1n) is 14.2. The Morgan fingerprint density at radius 2 is 1.04 bits per heavy atom. The highest BCUT2D eigenvalue weighted by molar-refractivity contribution is 5.09. The Kier molecular flexibility index (Phi) is 16.2. The number of aliphatic hydroxyl groups is 14. The zero-order valence-corrected chi connectivity index (χ0v) is 25.0. The Hall–Kier alpha value is -1.96. The van der Waals surface area contributed by atoms with E-state index in [9.17, 15) is 71.5 Å². The number of aliphatic hydroxyl groups excluding tert-OH is 14. The third-order valence-electron chi connectivity index (χ3n) is 7.55. The fraction of sp³-hybridized carbons (Fsp3) is 0.846. The van der Waals surface area contributed by atoms with Crippen LogP contribution in [0.2, 0.25) is 0 Å². The maximum atomic E-state index is 10.7. The molecule has 0 aromatic heterocycles. The summed E-state index contributed by atoms with van der Waals surface area (Å²) >= 11 is 0. The van der Waals surface area contributed by atoms with E-state index in [1.54, 1.807) is 0 Å². The minimum absolute atomic E-state index is 0.423. The van der Waals surface area contributed by atoms with E-state index in [0.717, 1.165) is 7.11 Å². The molecule has 2 rings (SSSR count). The van der Waals surface area contributed by atoms with Crippen molar-refractivity contribution in [2.45, 2.75) is 99.9 Å². The van der Waals surface area contributed by atoms with Crippen molar-refractivity contribution in [1.29, 1.82) is 0 Å². The van der Waals surface area contributed by atoms with Crippen LogP contribution in [0.4, 0.5) is 0 Å². The molecule has 20 heteroatoms. The van der Waals surface area contributed by atoms with E-state index < -0.39 is 148 Å². The van der Waals surface area contributed by atoms with Crippen molar-refractivity contribution in [1.82, 2.24) is 0 Å². The van der Waals surface area contributed by atoms with Crippen LogP contribution in [0.5, 0.6) is 0 Å². The molecule has 14 N–H and O–H groups in total. The number of ether oxygens (including phenoxy) is 6. The molecule has 7 unspecified atom stereocenters. The van der Waals surface area contributed by atoms with Gasteiger partial charge in [0.15, 0.2) is 35.6 Å². The van der Waals surface area contributed by atoms with Gasteiger partial charge in [-0.15, -0.1) is 0 Å². The molecule has 14 atom stereocenters. The van der Waals surface area contributed by atoms with Gasteiger partial charge >= 0.3 is 0 Å². The molecule has 0 amide bonds. The summed E-state index contributed by atoms with van der Waals surface area (Å²) in [7, 11) is 1.00. The van der Waals surface area contributed by atoms with E-state index in [2.05, 4.69) is 4.74 Å². The highest BCUT2D eigenvalue weighted by atomic mass is 16.7. The van der Waals surface area contributed by atoms with Gasteiger partial charge in [-0.1, -0.05) is 6.92 Å². The lowest BCUT2D eigenvalue weighted by molar-refractivity contribution is -0.329. The van der Waals surface area contributed by atoms with Crippen LogP contribution in [0.25, 0.3) is 0 Å². The molecule has 20 nitrogen and oxygen atoms in total. The normalized spacial score (nSPS) is 35.9. The molecule has 2 aliphatic heterocycles. The Morgan fingerprint density at radius 3 is 1.48 bits per heavy atom. The van der Waals surface area contributed by atoms with Gasteiger partial charge in [0.25, 0.3) is 0 Å². The van der Waals surface area contributed by atoms with Gasteiger partial charge in [-0.05, 0) is 0 Å². The van der Waals surface area contributed by atoms with Crippen LogP contribution < -0.4 is 0 Å². The fourth-order valence-electron chi connectivity index (χ4n) is 4.73. The van der Waals surface area contributed by atoms with E-state index in [1.807, 2.05) is 0 Å². The maximum absolute atomic E-state index is 10.7. The summed E-state index contributed by atoms with van der Waals surface area (Å²) in [5.74, 6) is -5.31. The monoisotopic (exact) mass is 678 g/mol. The highest BCUT2D eigenvalue weighted by Crippen LogP contribution is 2.31. The highest BCUT2D eigenvalue weighted by Gasteiger charge is 2.48. The quantitative estimate of drug-likeness (QED) is 0.0508. The van der Waals surface area contributed by atoms with Crippen LogP contribution in [0, 0.1) is 5.92 Å². The summed E-state index contributed by atoms with van der Waals surface area (Å²) in [6, 6.07) is 0. The first kappa shape index (κ1) is 40.2. The van der Waals surface area contributed by atoms with Gasteiger partial charge in [-0.3, -0.25) is 0 Å². The van der Waals surface area contributed by atoms with Crippen LogP contribution in [-0.2, 0) is 28.4 Å². The van der Waals surface area contributed by atoms with Gasteiger partial charge in [0, 0.05) is 39.1 Å². The molecule has 2 heterocycles. The summed E-state index contributed by atoms with van der Waals surface area (Å²) in [6.07, 6.45) is -23.9. The Labute approximate surface area is 262 Å². The summed E-state index contributed by atoms with van der Waals surface area (Å²) < 4.78 is 31.3. The second-order valence-corrected chi connectivity index (χ2v) is 10.6. The minimum Gasteiger partial charge on any atom is -0.506 e. The van der Waals surface area contributed by atoms with Crippen molar-refractivity contribution in [3.8, 4) is 0 Å². The molecule has 0 aliphatic carbocycles. The topological polar surface area (TPSA) is 339 Å². The molecule has 0 saturated carbocycles. The van der Waals surface area contributed by atoms with Crippen LogP contribution in [0.15, 0.2) is 23.0 Å². The van der Waals surface area contributed by atoms with E-state index in [1.165, 1.54) is 6.92 Å². The van der Waals surface area contributed by atoms with Gasteiger partial charge in [-0.2, -0.15) is 0 Å². The van der Waals surface area contributed by atoms with Crippen LogP contribution >= 0.6 is 0 Å². The lowest BCUT2D eigenvalue weighted by Crippen LogP contribution is -2.61. The van der Waals surface area contributed by atoms with Crippen LogP contribution in [0.3, 0.4) is 0 Å². The molecule has 2 fully saturated rings. The summed E-state index contributed by atoms with van der Waals surface area (Å²) in [4.78, 5) is 0. The van der Waals surface area contributed by atoms with Gasteiger partial charge in [0.05, 0.1) is 25.4 Å². The van der Waals surface area contributed by atoms with E-state index in [4.69, 9.17) is 23.7 Å². The number of rotatable bonds is 17. The van der Waals surface area contributed by atoms with Crippen molar-refractivity contribution in [2.75, 3.05) is 33.5 Å². The van der Waals surface area contributed by atoms with Crippen molar-refractivity contribution in [3.63, 3.8) is 0 Å². The van der Waals surface area contributed by atoms with Gasteiger partial charge < -0.3 is 99.9 Å². The predicted molar refractivity (Wildman–Crippen MR) is 146 cm³/mol. The van der Waals surface area contributed by atoms with Gasteiger partial charge in [0.2, 0.25) is 12.6 Å². The molecule has 0 spiro atoms. The largest absolute Gasteiger partial charge is 0.506 e. The molecule has 0 aromatic carbocycles. The zero-order chi connectivity index (χ0) is 34.9. The average molecular weight is 679 g/mol. The summed E-state index contributed by atoms with van der Waals surface area (Å²) in [5, 5.41) is 142. The molecular weight excluding hydrogens is 632 g/mol. The predicted octanol–water partition coefficient (Wildman–Crippen LogP) is -4.64. The van der Waals surface area contributed by atoms with E-state index in [0.29, 0.717) is 0 Å². The van der Waals surface area contributed by atoms with Crippen molar-refractivity contribution in [2.24, 2.45) is 5.92 Å². The SMILES string of the molecule is CO[C@H](O)/C(O)=C(/O)[C@@H](CCO)O[C@@H]1OC(CO)[C@@H](O[C@H](O)/C(O)=C(/O)[C@@H](CCO)O[C@@H]2OC(CO)C(C)C(O)C2O)C(O)C1O. The standard InChI is InChI=1S/C26H46O20/c1-9-12(7-29)44-25(20(37)14(9)31)42-11(4-6-28)16(33)19(36)24(40)46-22-13(8-30)45-26(21(38)17(22)34)43-10(3-5-27)15(32)18(35)23(39)41-2/h9-14,17,20-40H,3-8H2,1-2H3/b18-15-,19-16-/t9?,10-,11-,12?,13?,14?,17?,20?,21?,22-,23+,24+,25-,26-/m1/s1. The first-order chi connectivity index (χ1) is 21.7. The van der Waals surface area contributed by atoms with E-state index >= 15 is 0 Å². The van der Waals surface area contributed by atoms with Crippen LogP contribution in [-0.4, -0.2) is 185 Å². The molecule has 2 aliphatic rings. The van der Waals surface area contributed by atoms with Gasteiger partial charge in [-0.25, -0.2) is 0 Å². The Bertz CT molecular complexity index is 975. The number of methoxy groups -OCH3 is 1. The number of hydrogen-bond acceptors (Lipinski definition) is 20. The third-order valence-corrected chi connectivity index (χ3v) is 7.55. The summed E-state index contributed by atoms with van der Waals surface area (Å²) in [5.41, 5.74) is 0. The van der Waals surface area contributed by atoms with Crippen molar-refractivity contribution in [3.05, 3.63) is 23.0 Å². The maximum Gasteiger partial charge on any atom is 0.218 e. The number of hydrogen-bond donors (Lipinski definition) is 14. The minimum atomic E-state index is -2.50. The summed E-state index contributed by atoms with van der Waals surface area (Å²) in [6.45, 7) is -1.33. The third kappa shape index (κ3) is 9.56. The smallest absolute Gasteiger partial charge is 0.218 e. The molecular formula is C26H46O20. The molecule has 0 radical (unpaired) electrons. The lowest BCUT2D eigenvalue weighted by Gasteiger charge is -2.43. The molecule has 0 aromatic rings. The molecule has 0 bridgehead atoms. The molecule has 2 saturated heterocycles. The lowest BCUT2D eigenvalue weighted by atomic mass is 9.91. The Morgan fingerprint density at radius 1 is 0.609 bits per heavy atom. The molecule has 46 heavy (non-hydrogen) atoms. The average Bonchev–Trinajstić information content (AvgIpc) is 3.05. The molecule has 270 valence electrons. The second-order valence-electron chi connectivity index (χ2n) is 10.6. The first-order valence-corrected chi connectivity index (χ1v) is 14.2. The van der Waals surface area contributed by atoms with Crippen LogP contribution in [0.1, 0.15) is 19.8 Å². The van der Waals surface area contributed by atoms with Gasteiger partial charge in [0.1, 0.15) is 42.7 Å². The fourth-order valence-corrected chi connectivity index (χ4v) is 4.73. The Balaban J connectivity index is 2.22. The zero-order valence-electron chi connectivity index (χ0n) is 25.0. The second kappa shape index (κ2) is 18.5. The van der Waals surface area contributed by atoms with Crippen molar-refractivity contribution < 1.29 is 99.9 Å². The van der Waals surface area contributed by atoms with Crippen molar-refractivity contribution >= 4 is 0 Å². The van der Waals surface area contributed by atoms with E-state index in [-0.39, 0.29) is 0 Å².